The molecule has 0 saturated heterocycles. The maximum absolute atomic E-state index is 11.7. The maximum Gasteiger partial charge on any atom is 0.239 e. The van der Waals surface area contributed by atoms with E-state index >= 15 is 0 Å². The van der Waals surface area contributed by atoms with E-state index in [-0.39, 0.29) is 5.91 Å². The first-order valence-corrected chi connectivity index (χ1v) is 7.55. The third-order valence-electron chi connectivity index (χ3n) is 3.02. The second-order valence-electron chi connectivity index (χ2n) is 5.19. The van der Waals surface area contributed by atoms with Crippen molar-refractivity contribution in [2.75, 3.05) is 18.4 Å². The highest BCUT2D eigenvalue weighted by Crippen LogP contribution is 2.29. The van der Waals surface area contributed by atoms with Crippen LogP contribution in [-0.2, 0) is 4.79 Å². The zero-order valence-corrected chi connectivity index (χ0v) is 13.3. The van der Waals surface area contributed by atoms with E-state index < -0.39 is 0 Å². The number of fused-ring (bicyclic) bond motifs is 1. The fraction of sp³-hybridized carbons (Fsp3) is 0.312. The number of halogens is 1. The van der Waals surface area contributed by atoms with Crippen LogP contribution in [0.25, 0.3) is 10.8 Å². The van der Waals surface area contributed by atoms with Gasteiger partial charge < -0.3 is 10.6 Å². The molecule has 4 heteroatoms. The predicted molar refractivity (Wildman–Crippen MR) is 88.0 cm³/mol. The van der Waals surface area contributed by atoms with E-state index in [1.54, 1.807) is 0 Å². The van der Waals surface area contributed by atoms with Crippen LogP contribution in [0.5, 0.6) is 0 Å². The van der Waals surface area contributed by atoms with Gasteiger partial charge in [0, 0.05) is 22.1 Å². The molecule has 0 heterocycles. The number of nitrogens with one attached hydrogen (secondary N) is 2. The van der Waals surface area contributed by atoms with Gasteiger partial charge in [-0.15, -0.1) is 0 Å². The summed E-state index contributed by atoms with van der Waals surface area (Å²) in [7, 11) is 0. The number of rotatable bonds is 5. The summed E-state index contributed by atoms with van der Waals surface area (Å²) in [6.45, 7) is 5.16. The van der Waals surface area contributed by atoms with Crippen LogP contribution in [0, 0.1) is 5.92 Å². The van der Waals surface area contributed by atoms with Crippen molar-refractivity contribution >= 4 is 38.3 Å². The van der Waals surface area contributed by atoms with Crippen LogP contribution in [-0.4, -0.2) is 19.0 Å². The SMILES string of the molecule is CC(C)CNC(=O)CNc1ccc(Br)c2ccccc12. The monoisotopic (exact) mass is 334 g/mol. The summed E-state index contributed by atoms with van der Waals surface area (Å²) in [4.78, 5) is 11.7. The number of carbonyl (C=O) groups excluding carboxylic acids is 1. The molecule has 0 aliphatic rings. The van der Waals surface area contributed by atoms with E-state index in [0.29, 0.717) is 19.0 Å². The molecule has 2 N–H and O–H groups in total. The second-order valence-corrected chi connectivity index (χ2v) is 6.05. The Hall–Kier alpha value is -1.55. The molecule has 0 atom stereocenters. The standard InChI is InChI=1S/C16H19BrN2O/c1-11(2)9-19-16(20)10-18-15-8-7-14(17)12-5-3-4-6-13(12)15/h3-8,11,18H,9-10H2,1-2H3,(H,19,20). The van der Waals surface area contributed by atoms with Gasteiger partial charge in [0.15, 0.2) is 0 Å². The van der Waals surface area contributed by atoms with Crippen molar-refractivity contribution in [2.45, 2.75) is 13.8 Å². The fourth-order valence-corrected chi connectivity index (χ4v) is 2.45. The highest BCUT2D eigenvalue weighted by atomic mass is 79.9. The Bertz CT molecular complexity index is 610. The molecular weight excluding hydrogens is 316 g/mol. The Morgan fingerprint density at radius 3 is 2.55 bits per heavy atom. The summed E-state index contributed by atoms with van der Waals surface area (Å²) in [5, 5.41) is 8.36. The van der Waals surface area contributed by atoms with Gasteiger partial charge >= 0.3 is 0 Å². The summed E-state index contributed by atoms with van der Waals surface area (Å²) in [6, 6.07) is 12.1. The molecule has 106 valence electrons. The van der Waals surface area contributed by atoms with E-state index in [0.717, 1.165) is 20.9 Å². The fourth-order valence-electron chi connectivity index (χ4n) is 1.97. The Morgan fingerprint density at radius 1 is 1.15 bits per heavy atom. The van der Waals surface area contributed by atoms with Gasteiger partial charge in [-0.1, -0.05) is 54.0 Å². The maximum atomic E-state index is 11.7. The lowest BCUT2D eigenvalue weighted by Crippen LogP contribution is -2.32. The zero-order chi connectivity index (χ0) is 14.5. The molecule has 0 spiro atoms. The number of amides is 1. The molecule has 20 heavy (non-hydrogen) atoms. The van der Waals surface area contributed by atoms with Crippen molar-refractivity contribution in [1.29, 1.82) is 0 Å². The first kappa shape index (κ1) is 14.9. The normalized spacial score (nSPS) is 10.8. The second kappa shape index (κ2) is 6.75. The summed E-state index contributed by atoms with van der Waals surface area (Å²) in [6.07, 6.45) is 0. The molecule has 0 saturated carbocycles. The van der Waals surface area contributed by atoms with Crippen molar-refractivity contribution in [3.63, 3.8) is 0 Å². The van der Waals surface area contributed by atoms with Crippen LogP contribution < -0.4 is 10.6 Å². The molecule has 3 nitrogen and oxygen atoms in total. The van der Waals surface area contributed by atoms with Gasteiger partial charge in [-0.3, -0.25) is 4.79 Å². The zero-order valence-electron chi connectivity index (χ0n) is 11.7. The van der Waals surface area contributed by atoms with E-state index in [2.05, 4.69) is 52.5 Å². The average Bonchev–Trinajstić information content (AvgIpc) is 2.45. The van der Waals surface area contributed by atoms with Crippen molar-refractivity contribution in [1.82, 2.24) is 5.32 Å². The van der Waals surface area contributed by atoms with Gasteiger partial charge in [0.2, 0.25) is 5.91 Å². The number of benzene rings is 2. The summed E-state index contributed by atoms with van der Waals surface area (Å²) < 4.78 is 1.06. The number of anilines is 1. The van der Waals surface area contributed by atoms with Crippen molar-refractivity contribution in [3.8, 4) is 0 Å². The van der Waals surface area contributed by atoms with Gasteiger partial charge in [0.25, 0.3) is 0 Å². The molecule has 0 aromatic heterocycles. The minimum atomic E-state index is 0.0192. The van der Waals surface area contributed by atoms with Gasteiger partial charge in [-0.05, 0) is 23.4 Å². The molecule has 1 amide bonds. The predicted octanol–water partition coefficient (Wildman–Crippen LogP) is 3.79. The molecule has 0 fully saturated rings. The van der Waals surface area contributed by atoms with E-state index in [1.807, 2.05) is 24.3 Å². The van der Waals surface area contributed by atoms with E-state index in [4.69, 9.17) is 0 Å². The number of hydrogen-bond acceptors (Lipinski definition) is 2. The lowest BCUT2D eigenvalue weighted by atomic mass is 10.1. The average molecular weight is 335 g/mol. The lowest BCUT2D eigenvalue weighted by Gasteiger charge is -2.12. The largest absolute Gasteiger partial charge is 0.376 e. The summed E-state index contributed by atoms with van der Waals surface area (Å²) in [5.74, 6) is 0.484. The summed E-state index contributed by atoms with van der Waals surface area (Å²) >= 11 is 3.54. The number of carbonyl (C=O) groups is 1. The molecular formula is C16H19BrN2O. The van der Waals surface area contributed by atoms with Crippen LogP contribution in [0.1, 0.15) is 13.8 Å². The van der Waals surface area contributed by atoms with Crippen molar-refractivity contribution < 1.29 is 4.79 Å². The van der Waals surface area contributed by atoms with Gasteiger partial charge in [0.1, 0.15) is 0 Å². The molecule has 0 unspecified atom stereocenters. The Balaban J connectivity index is 2.07. The molecule has 0 radical (unpaired) electrons. The Kier molecular flexibility index (Phi) is 5.01. The van der Waals surface area contributed by atoms with E-state index in [9.17, 15) is 4.79 Å². The third kappa shape index (κ3) is 3.73. The molecule has 0 aliphatic carbocycles. The first-order valence-electron chi connectivity index (χ1n) is 6.75. The van der Waals surface area contributed by atoms with Crippen LogP contribution in [0.4, 0.5) is 5.69 Å². The van der Waals surface area contributed by atoms with Crippen LogP contribution in [0.2, 0.25) is 0 Å². The highest BCUT2D eigenvalue weighted by molar-refractivity contribution is 9.10. The molecule has 2 aromatic carbocycles. The van der Waals surface area contributed by atoms with Crippen molar-refractivity contribution in [2.24, 2.45) is 5.92 Å². The van der Waals surface area contributed by atoms with Crippen LogP contribution >= 0.6 is 15.9 Å². The highest BCUT2D eigenvalue weighted by Gasteiger charge is 2.06. The van der Waals surface area contributed by atoms with Gasteiger partial charge in [0.05, 0.1) is 6.54 Å². The van der Waals surface area contributed by atoms with Gasteiger partial charge in [-0.25, -0.2) is 0 Å². The minimum Gasteiger partial charge on any atom is -0.376 e. The van der Waals surface area contributed by atoms with Crippen LogP contribution in [0.15, 0.2) is 40.9 Å². The van der Waals surface area contributed by atoms with E-state index in [1.165, 1.54) is 0 Å². The Morgan fingerprint density at radius 2 is 1.85 bits per heavy atom. The molecule has 2 rings (SSSR count). The molecule has 2 aromatic rings. The third-order valence-corrected chi connectivity index (χ3v) is 3.71. The molecule has 0 aliphatic heterocycles. The quantitative estimate of drug-likeness (QED) is 0.873. The van der Waals surface area contributed by atoms with Gasteiger partial charge in [-0.2, -0.15) is 0 Å². The topological polar surface area (TPSA) is 41.1 Å². The lowest BCUT2D eigenvalue weighted by molar-refractivity contribution is -0.119. The van der Waals surface area contributed by atoms with Crippen molar-refractivity contribution in [3.05, 3.63) is 40.9 Å². The summed E-state index contributed by atoms with van der Waals surface area (Å²) in [5.41, 5.74) is 0.975. The van der Waals surface area contributed by atoms with Crippen LogP contribution in [0.3, 0.4) is 0 Å². The smallest absolute Gasteiger partial charge is 0.239 e. The Labute approximate surface area is 127 Å². The first-order chi connectivity index (χ1) is 9.58. The number of hydrogen-bond donors (Lipinski definition) is 2. The minimum absolute atomic E-state index is 0.0192. The molecule has 0 bridgehead atoms.